The molecule has 0 bridgehead atoms. The molecule has 0 aliphatic heterocycles. The molecule has 2 aromatic carbocycles. The second kappa shape index (κ2) is 13.9. The molecule has 3 aromatic rings. The average molecular weight is 571 g/mol. The maximum atomic E-state index is 12.9. The van der Waals surface area contributed by atoms with Gasteiger partial charge < -0.3 is 20.0 Å². The molecule has 0 spiro atoms. The molecule has 0 saturated carbocycles. The van der Waals surface area contributed by atoms with E-state index in [1.807, 2.05) is 0 Å². The highest BCUT2D eigenvalue weighted by Gasteiger charge is 2.21. The summed E-state index contributed by atoms with van der Waals surface area (Å²) in [6.45, 7) is 2.83. The van der Waals surface area contributed by atoms with Gasteiger partial charge in [0.2, 0.25) is 11.5 Å². The first-order valence-electron chi connectivity index (χ1n) is 11.7. The average Bonchev–Trinajstić information content (AvgIpc) is 2.92. The van der Waals surface area contributed by atoms with Crippen molar-refractivity contribution < 1.29 is 33.3 Å². The molecule has 0 atom stereocenters. The zero-order chi connectivity index (χ0) is 28.4. The van der Waals surface area contributed by atoms with Gasteiger partial charge in [-0.3, -0.25) is 18.9 Å². The van der Waals surface area contributed by atoms with Gasteiger partial charge in [0.05, 0.1) is 13.2 Å². The Balaban J connectivity index is 1.89. The van der Waals surface area contributed by atoms with Crippen LogP contribution in [-0.2, 0) is 20.4 Å². The number of nitrogens with zero attached hydrogens (tertiary/aromatic N) is 3. The van der Waals surface area contributed by atoms with Gasteiger partial charge in [0.1, 0.15) is 11.6 Å². The van der Waals surface area contributed by atoms with Crippen LogP contribution in [0.2, 0.25) is 0 Å². The van der Waals surface area contributed by atoms with E-state index in [1.165, 1.54) is 11.1 Å². The summed E-state index contributed by atoms with van der Waals surface area (Å²) in [4.78, 5) is 66.1. The largest absolute Gasteiger partial charge is 0.469 e. The number of hydrogen-bond donors (Lipinski definition) is 3. The lowest BCUT2D eigenvalue weighted by atomic mass is 10.2. The van der Waals surface area contributed by atoms with E-state index in [4.69, 9.17) is 9.79 Å². The standard InChI is InChI=1S/C26H27N4O7PS/c1-18(23(13-14-37-38(34,35)36)39-26(33)21-11-7-4-8-12-21)30(17-31)16-22-15-27-19(2)28-24(22)29-25(32)20-9-5-3-6-10-20/h3-12,15,17H,13-14,16H2,1-2H3,(H2,34,35,36)(H,27,28,29,32). The molecule has 3 rings (SSSR count). The van der Waals surface area contributed by atoms with Crippen LogP contribution in [-0.4, -0.2) is 48.7 Å². The van der Waals surface area contributed by atoms with Crippen LogP contribution in [0.1, 0.15) is 45.4 Å². The Kier molecular flexibility index (Phi) is 10.7. The highest BCUT2D eigenvalue weighted by Crippen LogP contribution is 2.37. The minimum Gasteiger partial charge on any atom is -0.314 e. The monoisotopic (exact) mass is 570 g/mol. The minimum atomic E-state index is -4.74. The molecule has 204 valence electrons. The number of carbonyl (C=O) groups excluding carboxylic acids is 3. The predicted octanol–water partition coefficient (Wildman–Crippen LogP) is 4.30. The molecule has 39 heavy (non-hydrogen) atoms. The Bertz CT molecular complexity index is 1400. The first-order chi connectivity index (χ1) is 18.6. The molecular weight excluding hydrogens is 543 g/mol. The quantitative estimate of drug-likeness (QED) is 0.212. The van der Waals surface area contributed by atoms with Crippen molar-refractivity contribution in [1.82, 2.24) is 14.9 Å². The topological polar surface area (TPSA) is 159 Å². The summed E-state index contributed by atoms with van der Waals surface area (Å²) < 4.78 is 15.8. The summed E-state index contributed by atoms with van der Waals surface area (Å²) in [5.74, 6) is 0.237. The zero-order valence-corrected chi connectivity index (χ0v) is 22.9. The number of aryl methyl sites for hydroxylation is 1. The number of thioether (sulfide) groups is 1. The van der Waals surface area contributed by atoms with Crippen LogP contribution in [0, 0.1) is 6.92 Å². The number of nitrogens with one attached hydrogen (secondary N) is 1. The number of benzene rings is 2. The fourth-order valence-electron chi connectivity index (χ4n) is 3.37. The van der Waals surface area contributed by atoms with E-state index in [0.717, 1.165) is 11.8 Å². The Hall–Kier alpha value is -3.67. The number of rotatable bonds is 12. The second-order valence-corrected chi connectivity index (χ2v) is 10.5. The fraction of sp³-hybridized carbons (Fsp3) is 0.192. The van der Waals surface area contributed by atoms with Gasteiger partial charge in [0.15, 0.2) is 0 Å². The molecule has 0 saturated heterocycles. The van der Waals surface area contributed by atoms with Crippen molar-refractivity contribution in [2.45, 2.75) is 26.8 Å². The van der Waals surface area contributed by atoms with Crippen LogP contribution < -0.4 is 5.32 Å². The van der Waals surface area contributed by atoms with Gasteiger partial charge in [-0.1, -0.05) is 48.5 Å². The Morgan fingerprint density at radius 3 is 2.28 bits per heavy atom. The van der Waals surface area contributed by atoms with E-state index in [9.17, 15) is 18.9 Å². The van der Waals surface area contributed by atoms with Crippen molar-refractivity contribution in [3.8, 4) is 0 Å². The number of carbonyl (C=O) groups is 3. The predicted molar refractivity (Wildman–Crippen MR) is 146 cm³/mol. The summed E-state index contributed by atoms with van der Waals surface area (Å²) >= 11 is 0.832. The number of phosphoric acid groups is 1. The van der Waals surface area contributed by atoms with Crippen molar-refractivity contribution >= 4 is 42.8 Å². The third kappa shape index (κ3) is 9.24. The normalized spacial score (nSPS) is 11.9. The van der Waals surface area contributed by atoms with Crippen LogP contribution >= 0.6 is 19.6 Å². The summed E-state index contributed by atoms with van der Waals surface area (Å²) in [6, 6.07) is 17.0. The first-order valence-corrected chi connectivity index (χ1v) is 14.0. The van der Waals surface area contributed by atoms with Crippen molar-refractivity contribution in [2.75, 3.05) is 11.9 Å². The molecule has 0 aliphatic carbocycles. The van der Waals surface area contributed by atoms with E-state index >= 15 is 0 Å². The highest BCUT2D eigenvalue weighted by molar-refractivity contribution is 8.17. The molecule has 1 aromatic heterocycles. The van der Waals surface area contributed by atoms with Gasteiger partial charge in [0.25, 0.3) is 5.91 Å². The van der Waals surface area contributed by atoms with Crippen molar-refractivity contribution in [2.24, 2.45) is 0 Å². The lowest BCUT2D eigenvalue weighted by molar-refractivity contribution is -0.116. The Morgan fingerprint density at radius 2 is 1.69 bits per heavy atom. The Labute approximate surface area is 229 Å². The van der Waals surface area contributed by atoms with E-state index in [1.54, 1.807) is 74.5 Å². The summed E-state index contributed by atoms with van der Waals surface area (Å²) in [5.41, 5.74) is 1.63. The molecule has 3 N–H and O–H groups in total. The lowest BCUT2D eigenvalue weighted by Crippen LogP contribution is -2.23. The Morgan fingerprint density at radius 1 is 1.08 bits per heavy atom. The van der Waals surface area contributed by atoms with Gasteiger partial charge in [-0.05, 0) is 37.7 Å². The smallest absolute Gasteiger partial charge is 0.314 e. The third-order valence-electron chi connectivity index (χ3n) is 5.37. The molecule has 0 radical (unpaired) electrons. The van der Waals surface area contributed by atoms with Gasteiger partial charge >= 0.3 is 7.82 Å². The number of aromatic nitrogens is 2. The van der Waals surface area contributed by atoms with E-state index in [-0.39, 0.29) is 36.4 Å². The van der Waals surface area contributed by atoms with Crippen LogP contribution in [0.4, 0.5) is 5.82 Å². The molecular formula is C26H27N4O7PS. The van der Waals surface area contributed by atoms with Crippen LogP contribution in [0.5, 0.6) is 0 Å². The number of hydrogen-bond acceptors (Lipinski definition) is 8. The number of anilines is 1. The molecule has 1 heterocycles. The fourth-order valence-corrected chi connectivity index (χ4v) is 4.63. The van der Waals surface area contributed by atoms with Gasteiger partial charge in [-0.25, -0.2) is 14.5 Å². The molecule has 0 fully saturated rings. The van der Waals surface area contributed by atoms with Gasteiger partial charge in [-0.2, -0.15) is 0 Å². The van der Waals surface area contributed by atoms with E-state index < -0.39 is 7.82 Å². The summed E-state index contributed by atoms with van der Waals surface area (Å²) in [7, 11) is -4.74. The molecule has 0 unspecified atom stereocenters. The van der Waals surface area contributed by atoms with E-state index in [0.29, 0.717) is 39.5 Å². The van der Waals surface area contributed by atoms with Gasteiger partial charge in [0, 0.05) is 39.9 Å². The summed E-state index contributed by atoms with van der Waals surface area (Å²) in [5, 5.41) is 2.44. The third-order valence-corrected chi connectivity index (χ3v) is 7.06. The van der Waals surface area contributed by atoms with Crippen molar-refractivity contribution in [3.05, 3.63) is 100.0 Å². The minimum absolute atomic E-state index is 0.0491. The van der Waals surface area contributed by atoms with Gasteiger partial charge in [-0.15, -0.1) is 0 Å². The number of amides is 2. The number of phosphoric ester groups is 1. The van der Waals surface area contributed by atoms with Crippen LogP contribution in [0.3, 0.4) is 0 Å². The van der Waals surface area contributed by atoms with Crippen molar-refractivity contribution in [3.63, 3.8) is 0 Å². The summed E-state index contributed by atoms with van der Waals surface area (Å²) in [6.07, 6.45) is 1.99. The maximum Gasteiger partial charge on any atom is 0.469 e. The first kappa shape index (κ1) is 29.9. The molecule has 0 aliphatic rings. The molecule has 11 nitrogen and oxygen atoms in total. The molecule has 13 heteroatoms. The SMILES string of the molecule is CC(=C(CCOP(=O)(O)O)SC(=O)c1ccccc1)N(C=O)Cc1cnc(C)nc1NC(=O)c1ccccc1. The zero-order valence-electron chi connectivity index (χ0n) is 21.2. The lowest BCUT2D eigenvalue weighted by Gasteiger charge is -2.23. The van der Waals surface area contributed by atoms with Crippen LogP contribution in [0.15, 0.2) is 77.5 Å². The molecule has 2 amide bonds. The maximum absolute atomic E-state index is 12.9. The van der Waals surface area contributed by atoms with E-state index in [2.05, 4.69) is 19.8 Å². The second-order valence-electron chi connectivity index (χ2n) is 8.18. The van der Waals surface area contributed by atoms with Crippen molar-refractivity contribution in [1.29, 1.82) is 0 Å². The number of allylic oxidation sites excluding steroid dienone is 1. The van der Waals surface area contributed by atoms with Crippen LogP contribution in [0.25, 0.3) is 0 Å². The highest BCUT2D eigenvalue weighted by atomic mass is 32.2.